The molecule has 8 nitrogen and oxygen atoms in total. The van der Waals surface area contributed by atoms with Gasteiger partial charge in [0, 0.05) is 43.4 Å². The largest absolute Gasteiger partial charge is 0.384 e. The lowest BCUT2D eigenvalue weighted by Gasteiger charge is -2.27. The van der Waals surface area contributed by atoms with E-state index < -0.39 is 0 Å². The summed E-state index contributed by atoms with van der Waals surface area (Å²) in [5.41, 5.74) is 14.1. The molecule has 0 spiro atoms. The van der Waals surface area contributed by atoms with E-state index in [-0.39, 0.29) is 5.91 Å². The molecule has 2 fully saturated rings. The first-order chi connectivity index (χ1) is 13.6. The standard InChI is InChI=1S/C20H26N6O2/c21-12-14-5-6-26(13-14)19(27)16-3-1-15(2-4-16)17-11-18(22)24-20(23-17)25-7-9-28-10-8-25/h1-4,11,14H,5-10,12-13,21H2,(H2,22,23,24)/t14-/m0/s1. The Morgan fingerprint density at radius 2 is 1.89 bits per heavy atom. The van der Waals surface area contributed by atoms with E-state index in [4.69, 9.17) is 16.2 Å². The lowest BCUT2D eigenvalue weighted by molar-refractivity contribution is 0.0787. The minimum absolute atomic E-state index is 0.0544. The number of hydrogen-bond donors (Lipinski definition) is 2. The monoisotopic (exact) mass is 382 g/mol. The molecule has 2 aliphatic rings. The number of anilines is 2. The zero-order chi connectivity index (χ0) is 19.5. The number of morpholine rings is 1. The summed E-state index contributed by atoms with van der Waals surface area (Å²) in [5, 5.41) is 0. The number of carbonyl (C=O) groups is 1. The molecule has 1 aromatic heterocycles. The quantitative estimate of drug-likeness (QED) is 0.811. The van der Waals surface area contributed by atoms with Crippen LogP contribution in [0.1, 0.15) is 16.8 Å². The zero-order valence-electron chi connectivity index (χ0n) is 15.9. The molecule has 1 aromatic carbocycles. The number of rotatable bonds is 4. The van der Waals surface area contributed by atoms with Gasteiger partial charge in [0.2, 0.25) is 5.95 Å². The van der Waals surface area contributed by atoms with Crippen molar-refractivity contribution in [2.45, 2.75) is 6.42 Å². The van der Waals surface area contributed by atoms with Crippen LogP contribution in [-0.4, -0.2) is 66.7 Å². The second-order valence-electron chi connectivity index (χ2n) is 7.30. The summed E-state index contributed by atoms with van der Waals surface area (Å²) < 4.78 is 5.39. The number of hydrogen-bond acceptors (Lipinski definition) is 7. The van der Waals surface area contributed by atoms with Crippen molar-refractivity contribution >= 4 is 17.7 Å². The number of nitrogen functional groups attached to an aromatic ring is 1. The van der Waals surface area contributed by atoms with Crippen molar-refractivity contribution < 1.29 is 9.53 Å². The number of likely N-dealkylation sites (tertiary alicyclic amines) is 1. The van der Waals surface area contributed by atoms with Crippen LogP contribution < -0.4 is 16.4 Å². The summed E-state index contributed by atoms with van der Waals surface area (Å²) in [6.07, 6.45) is 0.977. The Morgan fingerprint density at radius 1 is 1.14 bits per heavy atom. The van der Waals surface area contributed by atoms with Crippen molar-refractivity contribution in [2.75, 3.05) is 56.6 Å². The second kappa shape index (κ2) is 8.12. The molecule has 0 radical (unpaired) electrons. The van der Waals surface area contributed by atoms with Crippen LogP contribution in [-0.2, 0) is 4.74 Å². The van der Waals surface area contributed by atoms with Gasteiger partial charge in [0.15, 0.2) is 0 Å². The molecule has 148 valence electrons. The number of nitrogens with zero attached hydrogens (tertiary/aromatic N) is 4. The van der Waals surface area contributed by atoms with Gasteiger partial charge in [0.25, 0.3) is 5.91 Å². The summed E-state index contributed by atoms with van der Waals surface area (Å²) in [6, 6.07) is 9.27. The molecule has 0 unspecified atom stereocenters. The van der Waals surface area contributed by atoms with Crippen LogP contribution in [0.15, 0.2) is 30.3 Å². The fourth-order valence-electron chi connectivity index (χ4n) is 3.68. The van der Waals surface area contributed by atoms with Gasteiger partial charge in [-0.3, -0.25) is 4.79 Å². The third-order valence-electron chi connectivity index (χ3n) is 5.36. The molecule has 8 heteroatoms. The van der Waals surface area contributed by atoms with Crippen molar-refractivity contribution in [3.8, 4) is 11.3 Å². The van der Waals surface area contributed by atoms with Gasteiger partial charge >= 0.3 is 0 Å². The van der Waals surface area contributed by atoms with E-state index in [1.165, 1.54) is 0 Å². The van der Waals surface area contributed by atoms with Gasteiger partial charge in [-0.05, 0) is 31.0 Å². The number of benzene rings is 1. The highest BCUT2D eigenvalue weighted by Gasteiger charge is 2.26. The van der Waals surface area contributed by atoms with Gasteiger partial charge < -0.3 is 26.0 Å². The third-order valence-corrected chi connectivity index (χ3v) is 5.36. The highest BCUT2D eigenvalue weighted by molar-refractivity contribution is 5.94. The van der Waals surface area contributed by atoms with E-state index in [0.29, 0.717) is 43.0 Å². The molecule has 28 heavy (non-hydrogen) atoms. The first-order valence-corrected chi connectivity index (χ1v) is 9.71. The molecule has 4 N–H and O–H groups in total. The van der Waals surface area contributed by atoms with Gasteiger partial charge in [-0.1, -0.05) is 12.1 Å². The smallest absolute Gasteiger partial charge is 0.253 e. The number of amides is 1. The Hall–Kier alpha value is -2.71. The molecule has 2 saturated heterocycles. The maximum absolute atomic E-state index is 12.7. The lowest BCUT2D eigenvalue weighted by Crippen LogP contribution is -2.37. The summed E-state index contributed by atoms with van der Waals surface area (Å²) in [5.74, 6) is 1.50. The molecule has 0 aliphatic carbocycles. The van der Waals surface area contributed by atoms with Crippen molar-refractivity contribution in [1.29, 1.82) is 0 Å². The fourth-order valence-corrected chi connectivity index (χ4v) is 3.68. The molecule has 4 rings (SSSR count). The van der Waals surface area contributed by atoms with E-state index in [1.54, 1.807) is 6.07 Å². The predicted octanol–water partition coefficient (Wildman–Crippen LogP) is 0.983. The van der Waals surface area contributed by atoms with Crippen LogP contribution in [0.3, 0.4) is 0 Å². The normalized spacial score (nSPS) is 19.8. The van der Waals surface area contributed by atoms with Crippen molar-refractivity contribution in [1.82, 2.24) is 14.9 Å². The minimum Gasteiger partial charge on any atom is -0.384 e. The van der Waals surface area contributed by atoms with Gasteiger partial charge in [-0.25, -0.2) is 4.98 Å². The highest BCUT2D eigenvalue weighted by Crippen LogP contribution is 2.24. The molecule has 0 bridgehead atoms. The average Bonchev–Trinajstić information content (AvgIpc) is 3.23. The van der Waals surface area contributed by atoms with Gasteiger partial charge in [-0.2, -0.15) is 4.98 Å². The third kappa shape index (κ3) is 3.93. The Morgan fingerprint density at radius 3 is 2.57 bits per heavy atom. The van der Waals surface area contributed by atoms with Crippen LogP contribution in [0, 0.1) is 5.92 Å². The second-order valence-corrected chi connectivity index (χ2v) is 7.30. The van der Waals surface area contributed by atoms with Crippen LogP contribution >= 0.6 is 0 Å². The van der Waals surface area contributed by atoms with E-state index in [1.807, 2.05) is 29.2 Å². The molecular weight excluding hydrogens is 356 g/mol. The molecule has 3 heterocycles. The van der Waals surface area contributed by atoms with Crippen LogP contribution in [0.2, 0.25) is 0 Å². The number of carbonyl (C=O) groups excluding carboxylic acids is 1. The summed E-state index contributed by atoms with van der Waals surface area (Å²) in [7, 11) is 0. The van der Waals surface area contributed by atoms with Gasteiger partial charge in [0.05, 0.1) is 18.9 Å². The molecular formula is C20H26N6O2. The molecule has 0 saturated carbocycles. The van der Waals surface area contributed by atoms with Gasteiger partial charge in [0.1, 0.15) is 5.82 Å². The van der Waals surface area contributed by atoms with Crippen LogP contribution in [0.5, 0.6) is 0 Å². The minimum atomic E-state index is 0.0544. The molecule has 1 amide bonds. The lowest BCUT2D eigenvalue weighted by atomic mass is 10.1. The zero-order valence-corrected chi connectivity index (χ0v) is 15.9. The Bertz CT molecular complexity index is 835. The van der Waals surface area contributed by atoms with Crippen molar-refractivity contribution in [3.63, 3.8) is 0 Å². The van der Waals surface area contributed by atoms with Gasteiger partial charge in [-0.15, -0.1) is 0 Å². The van der Waals surface area contributed by atoms with Crippen LogP contribution in [0.4, 0.5) is 11.8 Å². The summed E-state index contributed by atoms with van der Waals surface area (Å²) in [6.45, 7) is 4.95. The number of nitrogens with two attached hydrogens (primary N) is 2. The maximum Gasteiger partial charge on any atom is 0.253 e. The van der Waals surface area contributed by atoms with Crippen molar-refractivity contribution in [2.24, 2.45) is 11.7 Å². The summed E-state index contributed by atoms with van der Waals surface area (Å²) in [4.78, 5) is 25.7. The first-order valence-electron chi connectivity index (χ1n) is 9.71. The van der Waals surface area contributed by atoms with E-state index >= 15 is 0 Å². The topological polar surface area (TPSA) is 111 Å². The van der Waals surface area contributed by atoms with E-state index in [2.05, 4.69) is 14.9 Å². The molecule has 2 aliphatic heterocycles. The Kier molecular flexibility index (Phi) is 5.40. The predicted molar refractivity (Wildman–Crippen MR) is 108 cm³/mol. The van der Waals surface area contributed by atoms with Crippen molar-refractivity contribution in [3.05, 3.63) is 35.9 Å². The first kappa shape index (κ1) is 18.6. The molecule has 1 atom stereocenters. The van der Waals surface area contributed by atoms with Crippen LogP contribution in [0.25, 0.3) is 11.3 Å². The molecule has 2 aromatic rings. The van der Waals surface area contributed by atoms with E-state index in [0.717, 1.165) is 43.9 Å². The average molecular weight is 382 g/mol. The number of ether oxygens (including phenoxy) is 1. The van der Waals surface area contributed by atoms with E-state index in [9.17, 15) is 4.79 Å². The number of aromatic nitrogens is 2. The SMILES string of the molecule is NC[C@@H]1CCN(C(=O)c2ccc(-c3cc(N)nc(N4CCOCC4)n3)cc2)C1. The fraction of sp³-hybridized carbons (Fsp3) is 0.450. The maximum atomic E-state index is 12.7. The summed E-state index contributed by atoms with van der Waals surface area (Å²) >= 11 is 0. The Balaban J connectivity index is 1.52. The highest BCUT2D eigenvalue weighted by atomic mass is 16.5. The Labute approximate surface area is 164 Å².